The molecule has 0 fully saturated rings. The number of nitrogens with two attached hydrogens (primary N) is 1. The number of nitrogens with one attached hydrogen (secondary N) is 2. The fourth-order valence-corrected chi connectivity index (χ4v) is 3.06. The first-order valence-electron chi connectivity index (χ1n) is 7.26. The fraction of sp³-hybridized carbons (Fsp3) is 0.125. The topological polar surface area (TPSA) is 123 Å². The van der Waals surface area contributed by atoms with E-state index < -0.39 is 17.4 Å². The number of fused-ring (bicyclic) bond motifs is 2. The van der Waals surface area contributed by atoms with Gasteiger partial charge in [-0.15, -0.1) is 0 Å². The van der Waals surface area contributed by atoms with Crippen molar-refractivity contribution in [1.82, 2.24) is 15.2 Å². The molecular formula is C16H12N4O4. The first-order valence-corrected chi connectivity index (χ1v) is 7.26. The lowest BCUT2D eigenvalue weighted by Gasteiger charge is -2.19. The van der Waals surface area contributed by atoms with E-state index in [0.29, 0.717) is 12.2 Å². The molecule has 2 aliphatic heterocycles. The Balaban J connectivity index is 1.91. The zero-order chi connectivity index (χ0) is 17.0. The molecule has 2 aliphatic rings. The first kappa shape index (κ1) is 14.2. The summed E-state index contributed by atoms with van der Waals surface area (Å²) < 4.78 is 1.19. The van der Waals surface area contributed by atoms with Crippen molar-refractivity contribution in [3.05, 3.63) is 56.9 Å². The summed E-state index contributed by atoms with van der Waals surface area (Å²) in [5, 5.41) is 4.86. The molecule has 1 aromatic heterocycles. The van der Waals surface area contributed by atoms with Gasteiger partial charge in [0.15, 0.2) is 0 Å². The molecule has 120 valence electrons. The molecule has 4 N–H and O–H groups in total. The van der Waals surface area contributed by atoms with Crippen molar-refractivity contribution >= 4 is 23.5 Å². The predicted octanol–water partition coefficient (Wildman–Crippen LogP) is -0.524. The summed E-state index contributed by atoms with van der Waals surface area (Å²) in [5.74, 6) is -1.38. The summed E-state index contributed by atoms with van der Waals surface area (Å²) in [6.07, 6.45) is 0.279. The highest BCUT2D eigenvalue weighted by molar-refractivity contribution is 6.23. The Morgan fingerprint density at radius 2 is 1.79 bits per heavy atom. The maximum atomic E-state index is 12.4. The average Bonchev–Trinajstić information content (AvgIpc) is 2.81. The lowest BCUT2D eigenvalue weighted by molar-refractivity contribution is -0.121. The number of nitrogens with zero attached hydrogens (tertiary/aromatic N) is 1. The van der Waals surface area contributed by atoms with Gasteiger partial charge < -0.3 is 11.1 Å². The number of amides is 3. The molecular weight excluding hydrogens is 312 g/mol. The van der Waals surface area contributed by atoms with Crippen LogP contribution in [0.1, 0.15) is 31.8 Å². The van der Waals surface area contributed by atoms with Crippen LogP contribution >= 0.6 is 0 Å². The minimum atomic E-state index is -0.626. The minimum Gasteiger partial charge on any atom is -0.384 e. The Bertz CT molecular complexity index is 1010. The highest BCUT2D eigenvalue weighted by Gasteiger charge is 2.32. The summed E-state index contributed by atoms with van der Waals surface area (Å²) >= 11 is 0. The second-order valence-corrected chi connectivity index (χ2v) is 5.68. The van der Waals surface area contributed by atoms with Crippen LogP contribution in [0.2, 0.25) is 0 Å². The third kappa shape index (κ3) is 1.93. The van der Waals surface area contributed by atoms with Gasteiger partial charge in [-0.1, -0.05) is 6.07 Å². The number of imide groups is 1. The zero-order valence-electron chi connectivity index (χ0n) is 12.4. The lowest BCUT2D eigenvalue weighted by atomic mass is 10.00. The molecule has 0 atom stereocenters. The molecule has 0 spiro atoms. The number of hydrogen-bond acceptors (Lipinski definition) is 5. The monoisotopic (exact) mass is 324 g/mol. The van der Waals surface area contributed by atoms with E-state index in [9.17, 15) is 19.2 Å². The number of rotatable bonds is 1. The standard InChI is InChI=1S/C16H12N4O4/c17-14-13-10(15(23)19-16(13)24)5-12(22)20(14)9-2-1-7-4-11(21)18-6-8(7)3-9/h1-3,5H,4,6,17H2,(H,18,21)(H,19,23,24). The molecule has 3 amide bonds. The number of pyridine rings is 1. The van der Waals surface area contributed by atoms with Crippen molar-refractivity contribution in [1.29, 1.82) is 0 Å². The van der Waals surface area contributed by atoms with E-state index in [1.54, 1.807) is 18.2 Å². The van der Waals surface area contributed by atoms with Gasteiger partial charge in [0.2, 0.25) is 5.91 Å². The molecule has 2 aromatic rings. The molecule has 4 rings (SSSR count). The molecule has 24 heavy (non-hydrogen) atoms. The molecule has 0 bridgehead atoms. The Morgan fingerprint density at radius 3 is 2.58 bits per heavy atom. The molecule has 3 heterocycles. The molecule has 8 nitrogen and oxygen atoms in total. The molecule has 8 heteroatoms. The highest BCUT2D eigenvalue weighted by Crippen LogP contribution is 2.24. The number of nitrogen functional groups attached to an aromatic ring is 1. The van der Waals surface area contributed by atoms with E-state index >= 15 is 0 Å². The van der Waals surface area contributed by atoms with Gasteiger partial charge in [0, 0.05) is 12.6 Å². The van der Waals surface area contributed by atoms with E-state index in [1.165, 1.54) is 4.57 Å². The number of aromatic nitrogens is 1. The summed E-state index contributed by atoms with van der Waals surface area (Å²) in [7, 11) is 0. The summed E-state index contributed by atoms with van der Waals surface area (Å²) in [5.41, 5.74) is 7.72. The first-order chi connectivity index (χ1) is 11.5. The predicted molar refractivity (Wildman–Crippen MR) is 83.8 cm³/mol. The lowest BCUT2D eigenvalue weighted by Crippen LogP contribution is -2.30. The van der Waals surface area contributed by atoms with Gasteiger partial charge >= 0.3 is 0 Å². The van der Waals surface area contributed by atoms with Crippen molar-refractivity contribution in [2.24, 2.45) is 0 Å². The molecule has 0 aliphatic carbocycles. The summed E-state index contributed by atoms with van der Waals surface area (Å²) in [6, 6.07) is 6.27. The second-order valence-electron chi connectivity index (χ2n) is 5.68. The normalized spacial score (nSPS) is 15.6. The van der Waals surface area contributed by atoms with E-state index in [4.69, 9.17) is 5.73 Å². The average molecular weight is 324 g/mol. The van der Waals surface area contributed by atoms with Crippen LogP contribution in [0, 0.1) is 0 Å². The summed E-state index contributed by atoms with van der Waals surface area (Å²) in [4.78, 5) is 47.4. The zero-order valence-corrected chi connectivity index (χ0v) is 12.4. The van der Waals surface area contributed by atoms with Gasteiger partial charge in [-0.25, -0.2) is 0 Å². The van der Waals surface area contributed by atoms with Crippen LogP contribution in [0.15, 0.2) is 29.1 Å². The molecule has 1 aromatic carbocycles. The van der Waals surface area contributed by atoms with Crippen LogP contribution in [-0.2, 0) is 17.8 Å². The van der Waals surface area contributed by atoms with Crippen LogP contribution in [0.3, 0.4) is 0 Å². The molecule has 0 saturated heterocycles. The number of hydrogen-bond donors (Lipinski definition) is 3. The van der Waals surface area contributed by atoms with Gasteiger partial charge in [-0.05, 0) is 23.3 Å². The quantitative estimate of drug-likeness (QED) is 0.609. The van der Waals surface area contributed by atoms with Gasteiger partial charge in [-0.2, -0.15) is 0 Å². The molecule has 0 saturated carbocycles. The smallest absolute Gasteiger partial charge is 0.262 e. The fourth-order valence-electron chi connectivity index (χ4n) is 3.06. The minimum absolute atomic E-state index is 0.00521. The van der Waals surface area contributed by atoms with Crippen molar-refractivity contribution in [2.45, 2.75) is 13.0 Å². The maximum Gasteiger partial charge on any atom is 0.262 e. The SMILES string of the molecule is Nc1c2c(cc(=O)n1-c1ccc3c(c1)CNC(=O)C3)C(=O)NC2=O. The van der Waals surface area contributed by atoms with Gasteiger partial charge in [-0.3, -0.25) is 29.1 Å². The number of benzene rings is 1. The molecule has 0 radical (unpaired) electrons. The Hall–Kier alpha value is -3.42. The van der Waals surface area contributed by atoms with Crippen molar-refractivity contribution in [2.75, 3.05) is 5.73 Å². The van der Waals surface area contributed by atoms with Crippen LogP contribution in [0.5, 0.6) is 0 Å². The number of carbonyl (C=O) groups is 3. The maximum absolute atomic E-state index is 12.4. The van der Waals surface area contributed by atoms with Gasteiger partial charge in [0.25, 0.3) is 17.4 Å². The number of carbonyl (C=O) groups excluding carboxylic acids is 3. The van der Waals surface area contributed by atoms with Crippen LogP contribution in [0.25, 0.3) is 5.69 Å². The van der Waals surface area contributed by atoms with Crippen molar-refractivity contribution in [3.8, 4) is 5.69 Å². The molecule has 0 unspecified atom stereocenters. The Labute approximate surface area is 135 Å². The Kier molecular flexibility index (Phi) is 2.83. The second kappa shape index (κ2) is 4.79. The summed E-state index contributed by atoms with van der Waals surface area (Å²) in [6.45, 7) is 0.362. The van der Waals surface area contributed by atoms with Crippen LogP contribution in [-0.4, -0.2) is 22.3 Å². The van der Waals surface area contributed by atoms with Gasteiger partial charge in [0.05, 0.1) is 23.2 Å². The Morgan fingerprint density at radius 1 is 1.00 bits per heavy atom. The van der Waals surface area contributed by atoms with Crippen LogP contribution in [0.4, 0.5) is 5.82 Å². The van der Waals surface area contributed by atoms with E-state index in [1.807, 2.05) is 0 Å². The van der Waals surface area contributed by atoms with Crippen LogP contribution < -0.4 is 21.9 Å². The third-order valence-electron chi connectivity index (χ3n) is 4.23. The van der Waals surface area contributed by atoms with E-state index in [0.717, 1.165) is 17.2 Å². The third-order valence-corrected chi connectivity index (χ3v) is 4.23. The largest absolute Gasteiger partial charge is 0.384 e. The van der Waals surface area contributed by atoms with E-state index in [-0.39, 0.29) is 29.3 Å². The van der Waals surface area contributed by atoms with E-state index in [2.05, 4.69) is 10.6 Å². The van der Waals surface area contributed by atoms with Crippen molar-refractivity contribution < 1.29 is 14.4 Å². The highest BCUT2D eigenvalue weighted by atomic mass is 16.2. The number of anilines is 1. The van der Waals surface area contributed by atoms with Gasteiger partial charge in [0.1, 0.15) is 5.82 Å². The van der Waals surface area contributed by atoms with Crippen molar-refractivity contribution in [3.63, 3.8) is 0 Å².